The highest BCUT2D eigenvalue weighted by molar-refractivity contribution is 7.90. The number of aromatic nitrogens is 4. The molecule has 0 atom stereocenters. The molecule has 0 aliphatic heterocycles. The monoisotopic (exact) mass is 467 g/mol. The number of imidazole rings is 2. The third kappa shape index (κ3) is 3.42. The maximum atomic E-state index is 14.8. The Bertz CT molecular complexity index is 1480. The number of rotatable bonds is 6. The Balaban J connectivity index is 1.82. The fourth-order valence-corrected chi connectivity index (χ4v) is 5.41. The molecular formula is C24H26FN5O2S. The van der Waals surface area contributed by atoms with Gasteiger partial charge in [-0.15, -0.1) is 0 Å². The van der Waals surface area contributed by atoms with Crippen LogP contribution in [0.1, 0.15) is 45.5 Å². The zero-order valence-electron chi connectivity index (χ0n) is 18.8. The molecule has 2 aromatic heterocycles. The number of fused-ring (bicyclic) bond motifs is 1. The summed E-state index contributed by atoms with van der Waals surface area (Å²) in [5.74, 6) is 0.461. The van der Waals surface area contributed by atoms with E-state index in [-0.39, 0.29) is 11.8 Å². The Labute approximate surface area is 192 Å². The molecule has 0 saturated heterocycles. The second-order valence-electron chi connectivity index (χ2n) is 8.69. The number of nitrogens with zero attached hydrogens (tertiary/aromatic N) is 4. The molecule has 2 heterocycles. The fourth-order valence-electron chi connectivity index (χ4n) is 4.27. The van der Waals surface area contributed by atoms with Crippen LogP contribution in [0.15, 0.2) is 42.5 Å². The molecule has 1 fully saturated rings. The van der Waals surface area contributed by atoms with Gasteiger partial charge < -0.3 is 10.3 Å². The Hall–Kier alpha value is -3.20. The maximum absolute atomic E-state index is 14.8. The van der Waals surface area contributed by atoms with Crippen molar-refractivity contribution in [3.8, 4) is 22.5 Å². The lowest BCUT2D eigenvalue weighted by Crippen LogP contribution is -2.23. The van der Waals surface area contributed by atoms with Crippen molar-refractivity contribution in [3.63, 3.8) is 0 Å². The zero-order valence-corrected chi connectivity index (χ0v) is 19.6. The summed E-state index contributed by atoms with van der Waals surface area (Å²) in [6.07, 6.45) is 2.76. The van der Waals surface area contributed by atoms with Crippen molar-refractivity contribution >= 4 is 27.0 Å². The summed E-state index contributed by atoms with van der Waals surface area (Å²) < 4.78 is 44.2. The molecule has 1 aliphatic rings. The molecule has 0 bridgehead atoms. The Morgan fingerprint density at radius 3 is 2.52 bits per heavy atom. The highest BCUT2D eigenvalue weighted by Crippen LogP contribution is 2.44. The van der Waals surface area contributed by atoms with E-state index in [1.165, 1.54) is 6.07 Å². The third-order valence-corrected chi connectivity index (χ3v) is 8.19. The number of nitrogens with two attached hydrogens (primary N) is 1. The van der Waals surface area contributed by atoms with Crippen molar-refractivity contribution in [2.75, 3.05) is 5.73 Å². The van der Waals surface area contributed by atoms with E-state index in [1.54, 1.807) is 44.2 Å². The van der Waals surface area contributed by atoms with Crippen LogP contribution < -0.4 is 5.73 Å². The first-order chi connectivity index (χ1) is 15.7. The number of hydrogen-bond donors (Lipinski definition) is 1. The normalized spacial score (nSPS) is 14.5. The molecule has 4 aromatic rings. The predicted molar refractivity (Wildman–Crippen MR) is 128 cm³/mol. The van der Waals surface area contributed by atoms with Gasteiger partial charge in [0, 0.05) is 23.6 Å². The van der Waals surface area contributed by atoms with Gasteiger partial charge in [-0.25, -0.2) is 26.7 Å². The van der Waals surface area contributed by atoms with Crippen LogP contribution in [0.3, 0.4) is 0 Å². The molecule has 9 heteroatoms. The van der Waals surface area contributed by atoms with Crippen molar-refractivity contribution in [1.29, 1.82) is 0 Å². The first kappa shape index (κ1) is 21.6. The van der Waals surface area contributed by atoms with Crippen LogP contribution in [0.4, 0.5) is 10.3 Å². The zero-order chi connectivity index (χ0) is 23.5. The number of nitrogen functional groups attached to an aromatic ring is 1. The highest BCUT2D eigenvalue weighted by atomic mass is 32.2. The van der Waals surface area contributed by atoms with Crippen molar-refractivity contribution in [3.05, 3.63) is 54.1 Å². The smallest absolute Gasteiger partial charge is 0.244 e. The van der Waals surface area contributed by atoms with Gasteiger partial charge in [0.15, 0.2) is 0 Å². The van der Waals surface area contributed by atoms with Crippen LogP contribution in [0.2, 0.25) is 0 Å². The summed E-state index contributed by atoms with van der Waals surface area (Å²) >= 11 is 0. The van der Waals surface area contributed by atoms with Gasteiger partial charge in [0.05, 0.1) is 27.7 Å². The molecular weight excluding hydrogens is 441 g/mol. The Morgan fingerprint density at radius 1 is 1.15 bits per heavy atom. The summed E-state index contributed by atoms with van der Waals surface area (Å²) in [4.78, 5) is 9.10. The molecule has 5 rings (SSSR count). The van der Waals surface area contributed by atoms with Crippen LogP contribution in [0, 0.1) is 5.82 Å². The molecule has 1 aliphatic carbocycles. The van der Waals surface area contributed by atoms with Gasteiger partial charge in [-0.1, -0.05) is 25.1 Å². The average Bonchev–Trinajstić information content (AvgIpc) is 3.45. The number of aryl methyl sites for hydroxylation is 1. The van der Waals surface area contributed by atoms with E-state index in [2.05, 4.69) is 9.55 Å². The fraction of sp³-hybridized carbons (Fsp3) is 0.333. The van der Waals surface area contributed by atoms with Gasteiger partial charge in [0.1, 0.15) is 11.6 Å². The van der Waals surface area contributed by atoms with Crippen molar-refractivity contribution in [1.82, 2.24) is 18.5 Å². The van der Waals surface area contributed by atoms with Gasteiger partial charge in [0.25, 0.3) is 0 Å². The quantitative estimate of drug-likeness (QED) is 0.441. The van der Waals surface area contributed by atoms with Crippen LogP contribution in [0.25, 0.3) is 33.5 Å². The van der Waals surface area contributed by atoms with E-state index in [0.29, 0.717) is 34.8 Å². The molecule has 33 heavy (non-hydrogen) atoms. The van der Waals surface area contributed by atoms with E-state index in [4.69, 9.17) is 10.7 Å². The molecule has 2 N–H and O–H groups in total. The minimum Gasteiger partial charge on any atom is -0.368 e. The average molecular weight is 468 g/mol. The second kappa shape index (κ2) is 7.69. The van der Waals surface area contributed by atoms with Crippen LogP contribution in [-0.4, -0.2) is 32.2 Å². The lowest BCUT2D eigenvalue weighted by molar-refractivity contribution is 0.580. The molecule has 7 nitrogen and oxygen atoms in total. The molecule has 0 spiro atoms. The van der Waals surface area contributed by atoms with Crippen molar-refractivity contribution in [2.45, 2.75) is 51.3 Å². The number of benzene rings is 2. The van der Waals surface area contributed by atoms with Crippen LogP contribution in [-0.2, 0) is 16.4 Å². The first-order valence-corrected chi connectivity index (χ1v) is 12.6. The van der Waals surface area contributed by atoms with E-state index in [1.807, 2.05) is 13.0 Å². The lowest BCUT2D eigenvalue weighted by Gasteiger charge is -2.14. The first-order valence-electron chi connectivity index (χ1n) is 11.1. The molecule has 172 valence electrons. The van der Waals surface area contributed by atoms with Gasteiger partial charge in [-0.05, 0) is 51.0 Å². The minimum absolute atomic E-state index is 0.0740. The van der Waals surface area contributed by atoms with E-state index < -0.39 is 15.3 Å². The van der Waals surface area contributed by atoms with Gasteiger partial charge in [-0.3, -0.25) is 0 Å². The topological polar surface area (TPSA) is 95.8 Å². The number of halogens is 1. The second-order valence-corrected chi connectivity index (χ2v) is 11.0. The highest BCUT2D eigenvalue weighted by Gasteiger charge is 2.32. The Kier molecular flexibility index (Phi) is 5.04. The van der Waals surface area contributed by atoms with E-state index in [9.17, 15) is 12.8 Å². The number of hydrogen-bond acceptors (Lipinski definition) is 5. The predicted octanol–water partition coefficient (Wildman–Crippen LogP) is 4.77. The molecule has 0 radical (unpaired) electrons. The Morgan fingerprint density at radius 2 is 1.88 bits per heavy atom. The summed E-state index contributed by atoms with van der Waals surface area (Å²) in [7, 11) is -3.73. The van der Waals surface area contributed by atoms with Gasteiger partial charge >= 0.3 is 0 Å². The molecule has 1 saturated carbocycles. The van der Waals surface area contributed by atoms with E-state index >= 15 is 0 Å². The van der Waals surface area contributed by atoms with Crippen LogP contribution >= 0.6 is 0 Å². The SMILES string of the molecule is CCc1nc(-c2ccccc2F)c(-c2ccc3nc(N)n(S(=O)(=O)C(C)C)c3c2)n1C1CC1. The standard InChI is InChI=1S/C24H26FN5O2S/c1-4-21-28-22(17-7-5-6-8-18(17)25)23(29(21)16-10-11-16)15-9-12-19-20(13-15)30(24(26)27-19)33(31,32)14(2)3/h5-9,12-14,16H,4,10-11H2,1-3H3,(H2,26,27). The molecule has 0 amide bonds. The van der Waals surface area contributed by atoms with Crippen molar-refractivity contribution < 1.29 is 12.8 Å². The summed E-state index contributed by atoms with van der Waals surface area (Å²) in [5.41, 5.74) is 9.43. The maximum Gasteiger partial charge on any atom is 0.244 e. The van der Waals surface area contributed by atoms with Gasteiger partial charge in [-0.2, -0.15) is 0 Å². The minimum atomic E-state index is -3.73. The third-order valence-electron chi connectivity index (χ3n) is 6.10. The van der Waals surface area contributed by atoms with Crippen LogP contribution in [0.5, 0.6) is 0 Å². The lowest BCUT2D eigenvalue weighted by atomic mass is 10.0. The van der Waals surface area contributed by atoms with Crippen molar-refractivity contribution in [2.24, 2.45) is 0 Å². The summed E-state index contributed by atoms with van der Waals surface area (Å²) in [5, 5.41) is -0.668. The number of anilines is 1. The summed E-state index contributed by atoms with van der Waals surface area (Å²) in [6, 6.07) is 12.3. The largest absolute Gasteiger partial charge is 0.368 e. The van der Waals surface area contributed by atoms with Gasteiger partial charge in [0.2, 0.25) is 16.0 Å². The summed E-state index contributed by atoms with van der Waals surface area (Å²) in [6.45, 7) is 5.25. The molecule has 0 unspecified atom stereocenters. The van der Waals surface area contributed by atoms with E-state index in [0.717, 1.165) is 33.9 Å². The molecule has 2 aromatic carbocycles.